The van der Waals surface area contributed by atoms with Crippen LogP contribution in [0.1, 0.15) is 92.1 Å². The lowest BCUT2D eigenvalue weighted by Crippen LogP contribution is -2.28. The second-order valence-electron chi connectivity index (χ2n) is 10.2. The summed E-state index contributed by atoms with van der Waals surface area (Å²) < 4.78 is 0. The molecular formula is C27H43P. The van der Waals surface area contributed by atoms with Gasteiger partial charge in [0.2, 0.25) is 0 Å². The summed E-state index contributed by atoms with van der Waals surface area (Å²) in [5.74, 6) is 2.27. The molecule has 0 fully saturated rings. The summed E-state index contributed by atoms with van der Waals surface area (Å²) >= 11 is 0. The van der Waals surface area contributed by atoms with E-state index in [0.29, 0.717) is 0 Å². The molecule has 2 unspecified atom stereocenters. The van der Waals surface area contributed by atoms with Crippen LogP contribution < -0.4 is 0 Å². The highest BCUT2D eigenvalue weighted by molar-refractivity contribution is 7.20. The fraction of sp³-hybridized carbons (Fsp3) is 0.630. The normalized spacial score (nSPS) is 20.4. The predicted molar refractivity (Wildman–Crippen MR) is 131 cm³/mol. The van der Waals surface area contributed by atoms with Crippen molar-refractivity contribution in [1.29, 1.82) is 0 Å². The maximum absolute atomic E-state index is 3.34. The highest BCUT2D eigenvalue weighted by Gasteiger charge is 2.35. The maximum atomic E-state index is 3.34. The molecule has 0 N–H and O–H groups in total. The topological polar surface area (TPSA) is 0 Å². The monoisotopic (exact) mass is 398 g/mol. The molecule has 2 atom stereocenters. The highest BCUT2D eigenvalue weighted by atomic mass is 31.0. The molecular weight excluding hydrogens is 355 g/mol. The molecule has 156 valence electrons. The Morgan fingerprint density at radius 1 is 0.821 bits per heavy atom. The molecule has 0 aliphatic heterocycles. The van der Waals surface area contributed by atoms with E-state index >= 15 is 0 Å². The largest absolute Gasteiger partial charge is 0.126 e. The summed E-state index contributed by atoms with van der Waals surface area (Å²) in [5, 5.41) is 0.180. The van der Waals surface area contributed by atoms with E-state index in [1.165, 1.54) is 50.5 Å². The van der Waals surface area contributed by atoms with Gasteiger partial charge in [0.15, 0.2) is 0 Å². The van der Waals surface area contributed by atoms with Crippen LogP contribution >= 0.6 is 9.24 Å². The zero-order chi connectivity index (χ0) is 20.7. The van der Waals surface area contributed by atoms with Gasteiger partial charge in [-0.25, -0.2) is 0 Å². The molecule has 0 radical (unpaired) electrons. The maximum Gasteiger partial charge on any atom is 0.0143 e. The molecule has 0 aromatic heterocycles. The Morgan fingerprint density at radius 3 is 1.96 bits per heavy atom. The second-order valence-corrected chi connectivity index (χ2v) is 11.3. The van der Waals surface area contributed by atoms with E-state index in [9.17, 15) is 0 Å². The smallest absolute Gasteiger partial charge is 0.0143 e. The molecule has 1 aliphatic rings. The van der Waals surface area contributed by atoms with Crippen LogP contribution in [0.3, 0.4) is 0 Å². The number of hydrogen-bond donors (Lipinski definition) is 0. The Balaban J connectivity index is 2.49. The van der Waals surface area contributed by atoms with Crippen LogP contribution in [0.15, 0.2) is 47.6 Å². The minimum absolute atomic E-state index is 0.180. The van der Waals surface area contributed by atoms with Crippen molar-refractivity contribution in [2.24, 2.45) is 17.8 Å². The van der Waals surface area contributed by atoms with Crippen molar-refractivity contribution in [3.05, 3.63) is 53.1 Å². The molecule has 1 aliphatic carbocycles. The fourth-order valence-corrected chi connectivity index (χ4v) is 5.08. The lowest BCUT2D eigenvalue weighted by molar-refractivity contribution is 0.494. The summed E-state index contributed by atoms with van der Waals surface area (Å²) in [5.41, 5.74) is 6.31. The van der Waals surface area contributed by atoms with Crippen LogP contribution in [0.4, 0.5) is 0 Å². The van der Waals surface area contributed by atoms with Crippen molar-refractivity contribution in [1.82, 2.24) is 0 Å². The molecule has 28 heavy (non-hydrogen) atoms. The van der Waals surface area contributed by atoms with Gasteiger partial charge < -0.3 is 0 Å². The Kier molecular flexibility index (Phi) is 9.01. The zero-order valence-corrected chi connectivity index (χ0v) is 20.4. The van der Waals surface area contributed by atoms with Crippen LogP contribution in [0.5, 0.6) is 0 Å². The summed E-state index contributed by atoms with van der Waals surface area (Å²) in [6.07, 6.45) is 11.4. The standard InChI is InChI=1S/C27H43P/c1-20(2)12-14-23-18-25(15-13-21(3)4)26(24-10-8-7-9-11-24)27(28,19-23)17-16-22(5)6/h7-11,18,20-22H,12-17,19,28H2,1-6H3. The molecule has 0 nitrogen and oxygen atoms in total. The first kappa shape index (κ1) is 23.4. The Morgan fingerprint density at radius 2 is 1.39 bits per heavy atom. The summed E-state index contributed by atoms with van der Waals surface area (Å²) in [4.78, 5) is 0. The van der Waals surface area contributed by atoms with Crippen molar-refractivity contribution in [2.75, 3.05) is 0 Å². The van der Waals surface area contributed by atoms with Crippen LogP contribution in [0.25, 0.3) is 5.57 Å². The first-order valence-electron chi connectivity index (χ1n) is 11.5. The quantitative estimate of drug-likeness (QED) is 0.346. The zero-order valence-electron chi connectivity index (χ0n) is 19.2. The molecule has 0 bridgehead atoms. The fourth-order valence-electron chi connectivity index (χ4n) is 4.30. The molecule has 0 saturated heterocycles. The lowest BCUT2D eigenvalue weighted by atomic mass is 9.73. The number of benzene rings is 1. The average Bonchev–Trinajstić information content (AvgIpc) is 2.63. The summed E-state index contributed by atoms with van der Waals surface area (Å²) in [7, 11) is 3.34. The van der Waals surface area contributed by atoms with E-state index in [2.05, 4.69) is 87.2 Å². The van der Waals surface area contributed by atoms with E-state index in [1.54, 1.807) is 16.7 Å². The Hall–Kier alpha value is -0.870. The van der Waals surface area contributed by atoms with Crippen molar-refractivity contribution in [3.63, 3.8) is 0 Å². The second kappa shape index (κ2) is 10.8. The van der Waals surface area contributed by atoms with Gasteiger partial charge in [0, 0.05) is 5.16 Å². The first-order valence-corrected chi connectivity index (χ1v) is 12.1. The number of rotatable bonds is 10. The molecule has 0 spiro atoms. The van der Waals surface area contributed by atoms with Gasteiger partial charge in [-0.15, -0.1) is 9.24 Å². The van der Waals surface area contributed by atoms with E-state index in [4.69, 9.17) is 0 Å². The van der Waals surface area contributed by atoms with Gasteiger partial charge >= 0.3 is 0 Å². The van der Waals surface area contributed by atoms with Gasteiger partial charge in [-0.1, -0.05) is 83.5 Å². The minimum Gasteiger partial charge on any atom is -0.126 e. The van der Waals surface area contributed by atoms with E-state index in [1.807, 2.05) is 0 Å². The van der Waals surface area contributed by atoms with Crippen molar-refractivity contribution in [2.45, 2.75) is 91.6 Å². The van der Waals surface area contributed by atoms with Gasteiger partial charge in [-0.05, 0) is 79.4 Å². The van der Waals surface area contributed by atoms with Crippen LogP contribution in [-0.2, 0) is 0 Å². The highest BCUT2D eigenvalue weighted by Crippen LogP contribution is 2.50. The van der Waals surface area contributed by atoms with Gasteiger partial charge in [-0.3, -0.25) is 0 Å². The van der Waals surface area contributed by atoms with Crippen LogP contribution in [-0.4, -0.2) is 5.16 Å². The van der Waals surface area contributed by atoms with Crippen LogP contribution in [0, 0.1) is 17.8 Å². The number of allylic oxidation sites excluding steroid dienone is 4. The summed E-state index contributed by atoms with van der Waals surface area (Å²) in [6, 6.07) is 11.2. The third-order valence-corrected chi connectivity index (χ3v) is 6.79. The van der Waals surface area contributed by atoms with Crippen molar-refractivity contribution in [3.8, 4) is 0 Å². The predicted octanol–water partition coefficient (Wildman–Crippen LogP) is 8.69. The molecule has 0 saturated carbocycles. The van der Waals surface area contributed by atoms with Crippen LogP contribution in [0.2, 0.25) is 0 Å². The molecule has 1 heteroatoms. The number of hydrogen-bond acceptors (Lipinski definition) is 0. The Bertz CT molecular complexity index is 663. The molecule has 0 heterocycles. The minimum atomic E-state index is 0.180. The summed E-state index contributed by atoms with van der Waals surface area (Å²) in [6.45, 7) is 14.1. The van der Waals surface area contributed by atoms with Gasteiger partial charge in [-0.2, -0.15) is 0 Å². The van der Waals surface area contributed by atoms with Crippen molar-refractivity contribution < 1.29 is 0 Å². The van der Waals surface area contributed by atoms with Gasteiger partial charge in [0.25, 0.3) is 0 Å². The van der Waals surface area contributed by atoms with Gasteiger partial charge in [0.05, 0.1) is 0 Å². The third-order valence-electron chi connectivity index (χ3n) is 6.00. The van der Waals surface area contributed by atoms with E-state index in [0.717, 1.165) is 17.8 Å². The van der Waals surface area contributed by atoms with Gasteiger partial charge in [0.1, 0.15) is 0 Å². The molecule has 1 aromatic rings. The Labute approximate surface area is 177 Å². The first-order chi connectivity index (χ1) is 13.2. The molecule has 1 aromatic carbocycles. The molecule has 2 rings (SSSR count). The van der Waals surface area contributed by atoms with E-state index in [-0.39, 0.29) is 5.16 Å². The SMILES string of the molecule is CC(C)CCC1=CC(CCC(C)C)=C(c2ccccc2)C(P)(CCC(C)C)C1. The van der Waals surface area contributed by atoms with Crippen molar-refractivity contribution >= 4 is 14.8 Å². The lowest BCUT2D eigenvalue weighted by Gasteiger charge is -2.39. The van der Waals surface area contributed by atoms with E-state index < -0.39 is 0 Å². The third kappa shape index (κ3) is 6.88. The molecule has 0 amide bonds. The average molecular weight is 399 g/mol.